The van der Waals surface area contributed by atoms with Gasteiger partial charge in [-0.1, -0.05) is 31.0 Å². The lowest BCUT2D eigenvalue weighted by atomic mass is 10.0. The Labute approximate surface area is 135 Å². The number of hydrogen-bond donors (Lipinski definition) is 0. The molecule has 0 bridgehead atoms. The Morgan fingerprint density at radius 2 is 1.77 bits per heavy atom. The predicted octanol–water partition coefficient (Wildman–Crippen LogP) is 4.53. The van der Waals surface area contributed by atoms with Gasteiger partial charge in [0, 0.05) is 24.0 Å². The summed E-state index contributed by atoms with van der Waals surface area (Å²) in [6, 6.07) is 8.22. The Kier molecular flexibility index (Phi) is 6.59. The van der Waals surface area contributed by atoms with Crippen LogP contribution in [0.4, 0.5) is 0 Å². The van der Waals surface area contributed by atoms with Crippen molar-refractivity contribution < 1.29 is 14.3 Å². The average molecular weight is 318 g/mol. The lowest BCUT2D eigenvalue weighted by Crippen LogP contribution is -2.02. The van der Waals surface area contributed by atoms with Crippen LogP contribution >= 0.6 is 11.3 Å². The topological polar surface area (TPSA) is 43.4 Å². The van der Waals surface area contributed by atoms with Crippen LogP contribution in [-0.4, -0.2) is 18.9 Å². The molecule has 118 valence electrons. The van der Waals surface area contributed by atoms with Crippen LogP contribution in [0.2, 0.25) is 0 Å². The first-order chi connectivity index (χ1) is 10.7. The normalized spacial score (nSPS) is 10.8. The largest absolute Gasteiger partial charge is 0.469 e. The number of carbonyl (C=O) groups is 2. The van der Waals surface area contributed by atoms with E-state index in [1.165, 1.54) is 17.2 Å². The molecule has 0 spiro atoms. The summed E-state index contributed by atoms with van der Waals surface area (Å²) in [5.74, 6) is 0.150. The molecule has 0 amide bonds. The molecule has 0 aliphatic heterocycles. The molecule has 0 saturated carbocycles. The maximum Gasteiger partial charge on any atom is 0.305 e. The van der Waals surface area contributed by atoms with Crippen LogP contribution in [0.25, 0.3) is 10.1 Å². The van der Waals surface area contributed by atoms with Gasteiger partial charge in [-0.2, -0.15) is 0 Å². The second-order valence-corrected chi connectivity index (χ2v) is 6.37. The number of ketones is 1. The molecule has 3 nitrogen and oxygen atoms in total. The molecule has 1 heterocycles. The number of benzene rings is 1. The van der Waals surface area contributed by atoms with Gasteiger partial charge < -0.3 is 4.74 Å². The number of Topliss-reactive ketones (excluding diaryl/α,β-unsaturated/α-hetero) is 1. The van der Waals surface area contributed by atoms with Crippen LogP contribution in [0.5, 0.6) is 0 Å². The van der Waals surface area contributed by atoms with Crippen LogP contribution < -0.4 is 0 Å². The van der Waals surface area contributed by atoms with Crippen molar-refractivity contribution in [1.82, 2.24) is 0 Å². The van der Waals surface area contributed by atoms with E-state index in [2.05, 4.69) is 22.2 Å². The van der Waals surface area contributed by atoms with E-state index in [1.54, 1.807) is 11.3 Å². The van der Waals surface area contributed by atoms with Gasteiger partial charge in [0.2, 0.25) is 0 Å². The van der Waals surface area contributed by atoms with E-state index in [-0.39, 0.29) is 5.97 Å². The maximum absolute atomic E-state index is 12.1. The molecule has 0 aliphatic carbocycles. The average Bonchev–Trinajstić information content (AvgIpc) is 2.93. The summed E-state index contributed by atoms with van der Waals surface area (Å²) in [7, 11) is 1.41. The quantitative estimate of drug-likeness (QED) is 0.504. The van der Waals surface area contributed by atoms with E-state index >= 15 is 0 Å². The highest BCUT2D eigenvalue weighted by Crippen LogP contribution is 2.26. The molecule has 0 fully saturated rings. The molecule has 0 saturated heterocycles. The maximum atomic E-state index is 12.1. The molecule has 4 heteroatoms. The minimum absolute atomic E-state index is 0.152. The summed E-state index contributed by atoms with van der Waals surface area (Å²) in [4.78, 5) is 23.0. The van der Waals surface area contributed by atoms with Gasteiger partial charge >= 0.3 is 5.97 Å². The summed E-state index contributed by atoms with van der Waals surface area (Å²) in [6.45, 7) is 0. The summed E-state index contributed by atoms with van der Waals surface area (Å²) in [5.41, 5.74) is 1.15. The molecule has 2 aromatic rings. The van der Waals surface area contributed by atoms with Gasteiger partial charge in [-0.15, -0.1) is 11.3 Å². The number of fused-ring (bicyclic) bond motifs is 1. The van der Waals surface area contributed by atoms with Gasteiger partial charge in [0.25, 0.3) is 0 Å². The van der Waals surface area contributed by atoms with Crippen molar-refractivity contribution >= 4 is 33.2 Å². The van der Waals surface area contributed by atoms with E-state index in [9.17, 15) is 9.59 Å². The molecular formula is C18H22O3S. The summed E-state index contributed by atoms with van der Waals surface area (Å²) >= 11 is 1.70. The van der Waals surface area contributed by atoms with Crippen molar-refractivity contribution in [2.75, 3.05) is 7.11 Å². The second kappa shape index (κ2) is 8.69. The fraction of sp³-hybridized carbons (Fsp3) is 0.444. The molecule has 0 atom stereocenters. The van der Waals surface area contributed by atoms with Crippen LogP contribution in [0, 0.1) is 0 Å². The zero-order valence-corrected chi connectivity index (χ0v) is 13.8. The van der Waals surface area contributed by atoms with E-state index in [1.807, 2.05) is 12.1 Å². The molecule has 2 rings (SSSR count). The smallest absolute Gasteiger partial charge is 0.305 e. The molecular weight excluding hydrogens is 296 g/mol. The Balaban J connectivity index is 1.67. The highest BCUT2D eigenvalue weighted by Gasteiger charge is 2.08. The number of rotatable bonds is 9. The Bertz CT molecular complexity index is 630. The highest BCUT2D eigenvalue weighted by molar-refractivity contribution is 7.17. The van der Waals surface area contributed by atoms with Crippen LogP contribution in [0.15, 0.2) is 29.6 Å². The monoisotopic (exact) mass is 318 g/mol. The zero-order valence-electron chi connectivity index (χ0n) is 13.0. The molecule has 0 aliphatic rings. The van der Waals surface area contributed by atoms with E-state index in [4.69, 9.17) is 0 Å². The molecule has 0 radical (unpaired) electrons. The molecule has 0 N–H and O–H groups in total. The lowest BCUT2D eigenvalue weighted by molar-refractivity contribution is -0.140. The number of esters is 1. The van der Waals surface area contributed by atoms with E-state index in [0.29, 0.717) is 25.0 Å². The number of thiophene rings is 1. The Morgan fingerprint density at radius 3 is 2.55 bits per heavy atom. The van der Waals surface area contributed by atoms with Crippen molar-refractivity contribution in [3.63, 3.8) is 0 Å². The van der Waals surface area contributed by atoms with Crippen LogP contribution in [0.3, 0.4) is 0 Å². The SMILES string of the molecule is COC(=O)CCCCCCC(=O)Cc1csc2ccccc12. The fourth-order valence-corrected chi connectivity index (χ4v) is 3.48. The van der Waals surface area contributed by atoms with Crippen molar-refractivity contribution in [3.05, 3.63) is 35.2 Å². The van der Waals surface area contributed by atoms with Crippen molar-refractivity contribution in [2.24, 2.45) is 0 Å². The first kappa shape index (κ1) is 16.7. The third-order valence-electron chi connectivity index (χ3n) is 3.76. The van der Waals surface area contributed by atoms with Crippen LogP contribution in [-0.2, 0) is 20.7 Å². The molecule has 22 heavy (non-hydrogen) atoms. The fourth-order valence-electron chi connectivity index (χ4n) is 2.52. The van der Waals surface area contributed by atoms with Gasteiger partial charge in [-0.25, -0.2) is 0 Å². The summed E-state index contributed by atoms with van der Waals surface area (Å²) in [6.07, 6.45) is 5.36. The van der Waals surface area contributed by atoms with Crippen molar-refractivity contribution in [2.45, 2.75) is 44.9 Å². The van der Waals surface area contributed by atoms with Gasteiger partial charge in [0.1, 0.15) is 5.78 Å². The highest BCUT2D eigenvalue weighted by atomic mass is 32.1. The Morgan fingerprint density at radius 1 is 1.05 bits per heavy atom. The van der Waals surface area contributed by atoms with Gasteiger partial charge in [-0.3, -0.25) is 9.59 Å². The summed E-state index contributed by atoms with van der Waals surface area (Å²) < 4.78 is 5.84. The zero-order chi connectivity index (χ0) is 15.8. The second-order valence-electron chi connectivity index (χ2n) is 5.46. The molecule has 0 unspecified atom stereocenters. The number of unbranched alkanes of at least 4 members (excludes halogenated alkanes) is 3. The van der Waals surface area contributed by atoms with E-state index in [0.717, 1.165) is 31.2 Å². The third-order valence-corrected chi connectivity index (χ3v) is 4.78. The minimum atomic E-state index is -0.152. The van der Waals surface area contributed by atoms with Gasteiger partial charge in [0.05, 0.1) is 7.11 Å². The molecule has 1 aromatic carbocycles. The number of ether oxygens (including phenoxy) is 1. The number of methoxy groups -OCH3 is 1. The van der Waals surface area contributed by atoms with E-state index < -0.39 is 0 Å². The number of carbonyl (C=O) groups excluding carboxylic acids is 2. The first-order valence-electron chi connectivity index (χ1n) is 7.74. The Hall–Kier alpha value is -1.68. The third kappa shape index (κ3) is 4.95. The number of hydrogen-bond acceptors (Lipinski definition) is 4. The summed E-state index contributed by atoms with van der Waals surface area (Å²) in [5, 5.41) is 3.30. The van der Waals surface area contributed by atoms with Crippen LogP contribution in [0.1, 0.15) is 44.1 Å². The molecule has 1 aromatic heterocycles. The predicted molar refractivity (Wildman–Crippen MR) is 90.3 cm³/mol. The van der Waals surface area contributed by atoms with Gasteiger partial charge in [-0.05, 0) is 35.2 Å². The standard InChI is InChI=1S/C18H22O3S/c1-21-18(20)11-5-3-2-4-8-15(19)12-14-13-22-17-10-7-6-9-16(14)17/h6-7,9-10,13H,2-5,8,11-12H2,1H3. The van der Waals surface area contributed by atoms with Gasteiger partial charge in [0.15, 0.2) is 0 Å². The van der Waals surface area contributed by atoms with Crippen molar-refractivity contribution in [3.8, 4) is 0 Å². The minimum Gasteiger partial charge on any atom is -0.469 e. The lowest BCUT2D eigenvalue weighted by Gasteiger charge is -2.02. The van der Waals surface area contributed by atoms with Crippen molar-refractivity contribution in [1.29, 1.82) is 0 Å². The first-order valence-corrected chi connectivity index (χ1v) is 8.62.